The molecule has 0 aromatic heterocycles. The summed E-state index contributed by atoms with van der Waals surface area (Å²) in [5.74, 6) is 0.737. The monoisotopic (exact) mass is 241 g/mol. The van der Waals surface area contributed by atoms with Crippen molar-refractivity contribution in [2.24, 2.45) is 10.7 Å². The third-order valence-electron chi connectivity index (χ3n) is 3.00. The summed E-state index contributed by atoms with van der Waals surface area (Å²) in [7, 11) is 0. The maximum Gasteiger partial charge on any atom is 0.156 e. The first kappa shape index (κ1) is 12.5. The van der Waals surface area contributed by atoms with E-state index in [9.17, 15) is 10.2 Å². The molecule has 2 rings (SSSR count). The molecule has 0 aliphatic carbocycles. The molecule has 2 heterocycles. The zero-order valence-corrected chi connectivity index (χ0v) is 9.91. The van der Waals surface area contributed by atoms with Gasteiger partial charge in [0.1, 0.15) is 5.84 Å². The van der Waals surface area contributed by atoms with Gasteiger partial charge in [-0.05, 0) is 19.1 Å². The van der Waals surface area contributed by atoms with Crippen LogP contribution in [0.5, 0.6) is 0 Å². The number of ether oxygens (including phenoxy) is 1. The van der Waals surface area contributed by atoms with Crippen molar-refractivity contribution in [3.05, 3.63) is 12.2 Å². The number of likely N-dealkylation sites (tertiary alicyclic amines) is 1. The molecule has 0 amide bonds. The van der Waals surface area contributed by atoms with Gasteiger partial charge in [0.15, 0.2) is 5.72 Å². The molecular formula is C11H19N3O3. The van der Waals surface area contributed by atoms with Gasteiger partial charge in [-0.1, -0.05) is 0 Å². The minimum atomic E-state index is -0.824. The van der Waals surface area contributed by atoms with Gasteiger partial charge in [-0.3, -0.25) is 10.7 Å². The first-order valence-corrected chi connectivity index (χ1v) is 5.81. The minimum Gasteiger partial charge on any atom is -0.389 e. The van der Waals surface area contributed by atoms with Crippen LogP contribution >= 0.6 is 0 Å². The van der Waals surface area contributed by atoms with Gasteiger partial charge in [-0.15, -0.1) is 0 Å². The lowest BCUT2D eigenvalue weighted by molar-refractivity contribution is 0.0104. The number of dihydropyridines is 1. The normalized spacial score (nSPS) is 37.4. The molecule has 0 saturated carbocycles. The molecule has 4 N–H and O–H groups in total. The summed E-state index contributed by atoms with van der Waals surface area (Å²) in [5.41, 5.74) is 5.13. The van der Waals surface area contributed by atoms with Crippen LogP contribution in [0.4, 0.5) is 0 Å². The van der Waals surface area contributed by atoms with Crippen molar-refractivity contribution in [2.45, 2.75) is 24.9 Å². The highest BCUT2D eigenvalue weighted by atomic mass is 16.5. The summed E-state index contributed by atoms with van der Waals surface area (Å²) in [5, 5.41) is 18.9. The molecule has 1 fully saturated rings. The number of nitrogens with zero attached hydrogens (tertiary/aromatic N) is 2. The third-order valence-corrected chi connectivity index (χ3v) is 3.00. The highest BCUT2D eigenvalue weighted by Crippen LogP contribution is 2.16. The molecule has 2 aliphatic heterocycles. The van der Waals surface area contributed by atoms with Crippen molar-refractivity contribution in [1.82, 2.24) is 4.90 Å². The molecule has 0 aromatic rings. The van der Waals surface area contributed by atoms with Crippen molar-refractivity contribution in [2.75, 3.05) is 26.2 Å². The molecule has 0 spiro atoms. The van der Waals surface area contributed by atoms with E-state index in [0.29, 0.717) is 26.2 Å². The van der Waals surface area contributed by atoms with Crippen molar-refractivity contribution < 1.29 is 14.9 Å². The highest BCUT2D eigenvalue weighted by molar-refractivity contribution is 5.94. The summed E-state index contributed by atoms with van der Waals surface area (Å²) >= 11 is 0. The van der Waals surface area contributed by atoms with E-state index in [-0.39, 0.29) is 0 Å². The number of nitrogens with two attached hydrogens (primary N) is 1. The zero-order chi connectivity index (χ0) is 12.5. The molecule has 1 saturated heterocycles. The fraction of sp³-hybridized carbons (Fsp3) is 0.727. The average Bonchev–Trinajstić information content (AvgIpc) is 2.60. The second-order valence-corrected chi connectivity index (χ2v) is 4.44. The largest absolute Gasteiger partial charge is 0.389 e. The van der Waals surface area contributed by atoms with E-state index in [0.717, 1.165) is 5.84 Å². The third kappa shape index (κ3) is 2.66. The van der Waals surface area contributed by atoms with Crippen LogP contribution in [0.25, 0.3) is 0 Å². The number of rotatable bonds is 2. The predicted octanol–water partition coefficient (Wildman–Crippen LogP) is -1.32. The van der Waals surface area contributed by atoms with Crippen LogP contribution in [0.1, 0.15) is 6.92 Å². The van der Waals surface area contributed by atoms with Crippen molar-refractivity contribution in [3.63, 3.8) is 0 Å². The molecule has 0 radical (unpaired) electrons. The Labute approximate surface area is 100 Å². The van der Waals surface area contributed by atoms with Gasteiger partial charge in [0.2, 0.25) is 0 Å². The lowest BCUT2D eigenvalue weighted by atomic mass is 10.1. The number of hydrogen-bond donors (Lipinski definition) is 3. The summed E-state index contributed by atoms with van der Waals surface area (Å²) in [6.45, 7) is 3.57. The van der Waals surface area contributed by atoms with Gasteiger partial charge < -0.3 is 19.8 Å². The molecule has 17 heavy (non-hydrogen) atoms. The SMILES string of the molecule is CCOC1(N)C=CC(N2CC(O)C(O)C2)=NC1. The fourth-order valence-electron chi connectivity index (χ4n) is 2.05. The number of hydrogen-bond acceptors (Lipinski definition) is 6. The Morgan fingerprint density at radius 1 is 1.53 bits per heavy atom. The minimum absolute atomic E-state index is 0.357. The Morgan fingerprint density at radius 2 is 2.18 bits per heavy atom. The summed E-state index contributed by atoms with van der Waals surface area (Å²) < 4.78 is 5.39. The molecule has 0 aromatic carbocycles. The molecule has 96 valence electrons. The first-order chi connectivity index (χ1) is 8.04. The standard InChI is InChI=1S/C11H19N3O3/c1-2-17-11(12)4-3-10(13-7-11)14-5-8(15)9(16)6-14/h3-4,8-9,15-16H,2,5-7,12H2,1H3. The van der Waals surface area contributed by atoms with E-state index < -0.39 is 17.9 Å². The zero-order valence-electron chi connectivity index (χ0n) is 9.91. The van der Waals surface area contributed by atoms with Crippen molar-refractivity contribution >= 4 is 5.84 Å². The van der Waals surface area contributed by atoms with Crippen LogP contribution in [0.15, 0.2) is 17.1 Å². The smallest absolute Gasteiger partial charge is 0.156 e. The topological polar surface area (TPSA) is 91.3 Å². The van der Waals surface area contributed by atoms with Gasteiger partial charge in [0, 0.05) is 19.7 Å². The van der Waals surface area contributed by atoms with Crippen LogP contribution in [0.2, 0.25) is 0 Å². The molecule has 2 aliphatic rings. The Kier molecular flexibility index (Phi) is 3.48. The quantitative estimate of drug-likeness (QED) is 0.522. The Morgan fingerprint density at radius 3 is 2.65 bits per heavy atom. The maximum absolute atomic E-state index is 9.47. The van der Waals surface area contributed by atoms with E-state index in [1.54, 1.807) is 12.2 Å². The maximum atomic E-state index is 9.47. The number of aliphatic imine (C=N–C) groups is 1. The number of β-amino-alcohol motifs (C(OH)–C–C–N with tert-alkyl or cyclic N) is 2. The predicted molar refractivity (Wildman–Crippen MR) is 63.6 cm³/mol. The molecule has 0 bridgehead atoms. The van der Waals surface area contributed by atoms with Crippen LogP contribution in [0.3, 0.4) is 0 Å². The number of aliphatic hydroxyl groups is 2. The summed E-state index contributed by atoms with van der Waals surface area (Å²) in [4.78, 5) is 6.18. The van der Waals surface area contributed by atoms with Crippen LogP contribution in [-0.2, 0) is 4.74 Å². The fourth-order valence-corrected chi connectivity index (χ4v) is 2.05. The molecule has 6 heteroatoms. The Balaban J connectivity index is 1.98. The molecule has 3 unspecified atom stereocenters. The van der Waals surface area contributed by atoms with Gasteiger partial charge in [0.25, 0.3) is 0 Å². The van der Waals surface area contributed by atoms with Gasteiger partial charge in [-0.25, -0.2) is 0 Å². The van der Waals surface area contributed by atoms with Crippen LogP contribution in [-0.4, -0.2) is 65.1 Å². The molecule has 6 nitrogen and oxygen atoms in total. The second-order valence-electron chi connectivity index (χ2n) is 4.44. The van der Waals surface area contributed by atoms with Crippen LogP contribution < -0.4 is 5.73 Å². The van der Waals surface area contributed by atoms with E-state index in [1.165, 1.54) is 0 Å². The Bertz CT molecular complexity index is 335. The van der Waals surface area contributed by atoms with Crippen molar-refractivity contribution in [1.29, 1.82) is 0 Å². The lowest BCUT2D eigenvalue weighted by Crippen LogP contribution is -2.47. The number of amidine groups is 1. The highest BCUT2D eigenvalue weighted by Gasteiger charge is 2.33. The molecule has 3 atom stereocenters. The van der Waals surface area contributed by atoms with E-state index in [4.69, 9.17) is 10.5 Å². The van der Waals surface area contributed by atoms with E-state index in [2.05, 4.69) is 4.99 Å². The summed E-state index contributed by atoms with van der Waals surface area (Å²) in [6.07, 6.45) is 2.14. The first-order valence-electron chi connectivity index (χ1n) is 5.81. The van der Waals surface area contributed by atoms with E-state index >= 15 is 0 Å². The van der Waals surface area contributed by atoms with Crippen LogP contribution in [0, 0.1) is 0 Å². The van der Waals surface area contributed by atoms with Gasteiger partial charge in [0.05, 0.1) is 18.8 Å². The summed E-state index contributed by atoms with van der Waals surface area (Å²) in [6, 6.07) is 0. The Hall–Kier alpha value is -0.950. The average molecular weight is 241 g/mol. The second kappa shape index (κ2) is 4.73. The van der Waals surface area contributed by atoms with Crippen molar-refractivity contribution in [3.8, 4) is 0 Å². The number of aliphatic hydroxyl groups excluding tert-OH is 2. The lowest BCUT2D eigenvalue weighted by Gasteiger charge is -2.29. The van der Waals surface area contributed by atoms with E-state index in [1.807, 2.05) is 11.8 Å². The molecular weight excluding hydrogens is 222 g/mol. The van der Waals surface area contributed by atoms with Gasteiger partial charge >= 0.3 is 0 Å². The van der Waals surface area contributed by atoms with Gasteiger partial charge in [-0.2, -0.15) is 0 Å².